The first-order chi connectivity index (χ1) is 13.3. The van der Waals surface area contributed by atoms with Crippen molar-refractivity contribution in [3.63, 3.8) is 0 Å². The Labute approximate surface area is 164 Å². The fraction of sp³-hybridized carbons (Fsp3) is 0.200. The van der Waals surface area contributed by atoms with Crippen molar-refractivity contribution >= 4 is 27.6 Å². The molecule has 0 fully saturated rings. The van der Waals surface area contributed by atoms with E-state index in [0.29, 0.717) is 19.6 Å². The lowest BCUT2D eigenvalue weighted by Gasteiger charge is -2.18. The molecule has 3 aromatic heterocycles. The van der Waals surface area contributed by atoms with E-state index < -0.39 is 0 Å². The molecule has 4 heterocycles. The molecule has 7 heteroatoms. The topological polar surface area (TPSA) is 59.5 Å². The predicted octanol–water partition coefficient (Wildman–Crippen LogP) is 4.94. The maximum absolute atomic E-state index is 9.46. The van der Waals surface area contributed by atoms with E-state index in [0.717, 1.165) is 39.1 Å². The van der Waals surface area contributed by atoms with E-state index in [-0.39, 0.29) is 0 Å². The Morgan fingerprint density at radius 3 is 2.85 bits per heavy atom. The highest BCUT2D eigenvalue weighted by atomic mass is 32.1. The molecule has 1 aliphatic heterocycles. The summed E-state index contributed by atoms with van der Waals surface area (Å²) in [6.45, 7) is 3.21. The predicted molar refractivity (Wildman–Crippen MR) is 107 cm³/mol. The number of thiophene rings is 1. The van der Waals surface area contributed by atoms with Crippen molar-refractivity contribution in [3.8, 4) is 39.4 Å². The number of imidazole rings is 1. The number of rotatable bonds is 3. The van der Waals surface area contributed by atoms with Crippen molar-refractivity contribution in [3.05, 3.63) is 46.3 Å². The third kappa shape index (κ3) is 2.60. The van der Waals surface area contributed by atoms with Gasteiger partial charge < -0.3 is 9.47 Å². The highest BCUT2D eigenvalue weighted by Gasteiger charge is 2.22. The zero-order valence-corrected chi connectivity index (χ0v) is 16.2. The number of nitrogens with zero attached hydrogens (tertiary/aromatic N) is 3. The third-order valence-electron chi connectivity index (χ3n) is 4.56. The number of benzene rings is 1. The number of nitriles is 1. The molecule has 0 radical (unpaired) electrons. The van der Waals surface area contributed by atoms with Gasteiger partial charge in [0, 0.05) is 10.4 Å². The van der Waals surface area contributed by atoms with Crippen LogP contribution >= 0.6 is 22.7 Å². The molecule has 0 bridgehead atoms. The van der Waals surface area contributed by atoms with Crippen LogP contribution in [0, 0.1) is 18.3 Å². The number of hydrogen-bond acceptors (Lipinski definition) is 6. The zero-order valence-electron chi connectivity index (χ0n) is 14.6. The molecule has 0 unspecified atom stereocenters. The summed E-state index contributed by atoms with van der Waals surface area (Å²) in [4.78, 5) is 8.17. The van der Waals surface area contributed by atoms with E-state index in [4.69, 9.17) is 14.5 Å². The number of ether oxygens (including phenoxy) is 2. The van der Waals surface area contributed by atoms with Gasteiger partial charge in [-0.2, -0.15) is 5.26 Å². The lowest BCUT2D eigenvalue weighted by molar-refractivity contribution is 0.171. The molecule has 0 aliphatic carbocycles. The standard InChI is InChI=1S/C20H15N3O2S2/c1-12-19(17-3-2-10-26-17)23-14(6-7-21)18(22-20(23)27-12)13-4-5-15-16(11-13)25-9-8-24-15/h2-5,10-11H,6,8-9H2,1H3. The number of thiazole rings is 1. The first kappa shape index (κ1) is 16.4. The molecule has 134 valence electrons. The maximum Gasteiger partial charge on any atom is 0.195 e. The van der Waals surface area contributed by atoms with Gasteiger partial charge >= 0.3 is 0 Å². The lowest BCUT2D eigenvalue weighted by Crippen LogP contribution is -2.15. The van der Waals surface area contributed by atoms with Crippen LogP contribution in [0.15, 0.2) is 35.7 Å². The minimum atomic E-state index is 0.291. The van der Waals surface area contributed by atoms with Gasteiger partial charge in [-0.3, -0.25) is 4.40 Å². The van der Waals surface area contributed by atoms with Crippen LogP contribution in [0.2, 0.25) is 0 Å². The molecule has 1 aliphatic rings. The summed E-state index contributed by atoms with van der Waals surface area (Å²) in [5, 5.41) is 11.5. The fourth-order valence-corrected chi connectivity index (χ4v) is 5.31. The molecule has 0 amide bonds. The van der Waals surface area contributed by atoms with E-state index in [2.05, 4.69) is 28.8 Å². The second-order valence-corrected chi connectivity index (χ2v) is 8.33. The summed E-state index contributed by atoms with van der Waals surface area (Å²) in [6, 6.07) is 12.3. The van der Waals surface area contributed by atoms with Crippen LogP contribution in [-0.4, -0.2) is 22.6 Å². The molecule has 0 spiro atoms. The number of aryl methyl sites for hydroxylation is 1. The van der Waals surface area contributed by atoms with Crippen molar-refractivity contribution in [2.45, 2.75) is 13.3 Å². The van der Waals surface area contributed by atoms with E-state index in [1.54, 1.807) is 22.7 Å². The first-order valence-corrected chi connectivity index (χ1v) is 10.3. The van der Waals surface area contributed by atoms with E-state index in [1.807, 2.05) is 24.3 Å². The minimum absolute atomic E-state index is 0.291. The number of fused-ring (bicyclic) bond motifs is 2. The molecule has 0 saturated carbocycles. The summed E-state index contributed by atoms with van der Waals surface area (Å²) in [5.41, 5.74) is 3.82. The second kappa shape index (κ2) is 6.41. The Balaban J connectivity index is 1.74. The molecule has 27 heavy (non-hydrogen) atoms. The minimum Gasteiger partial charge on any atom is -0.486 e. The van der Waals surface area contributed by atoms with Crippen LogP contribution in [0.1, 0.15) is 10.6 Å². The van der Waals surface area contributed by atoms with Crippen molar-refractivity contribution in [2.75, 3.05) is 13.2 Å². The normalized spacial score (nSPS) is 13.0. The molecular weight excluding hydrogens is 378 g/mol. The number of hydrogen-bond donors (Lipinski definition) is 0. The average molecular weight is 393 g/mol. The second-order valence-electron chi connectivity index (χ2n) is 6.20. The molecule has 5 rings (SSSR count). The summed E-state index contributed by atoms with van der Waals surface area (Å²) in [5.74, 6) is 1.48. The van der Waals surface area contributed by atoms with E-state index >= 15 is 0 Å². The summed E-state index contributed by atoms with van der Waals surface area (Å²) < 4.78 is 13.5. The molecule has 1 aromatic carbocycles. The van der Waals surface area contributed by atoms with Crippen molar-refractivity contribution in [2.24, 2.45) is 0 Å². The van der Waals surface area contributed by atoms with Crippen LogP contribution in [0.25, 0.3) is 26.8 Å². The Bertz CT molecular complexity index is 1180. The molecule has 4 aromatic rings. The summed E-state index contributed by atoms with van der Waals surface area (Å²) >= 11 is 3.35. The van der Waals surface area contributed by atoms with Gasteiger partial charge in [0.05, 0.1) is 34.4 Å². The van der Waals surface area contributed by atoms with Crippen molar-refractivity contribution in [1.82, 2.24) is 9.38 Å². The van der Waals surface area contributed by atoms with Gasteiger partial charge in [-0.05, 0) is 36.6 Å². The maximum atomic E-state index is 9.46. The molecule has 0 N–H and O–H groups in total. The van der Waals surface area contributed by atoms with E-state index in [9.17, 15) is 5.26 Å². The molecule has 0 atom stereocenters. The van der Waals surface area contributed by atoms with Gasteiger partial charge in [0.2, 0.25) is 0 Å². The zero-order chi connectivity index (χ0) is 18.4. The average Bonchev–Trinajstić information content (AvgIpc) is 3.38. The molecule has 5 nitrogen and oxygen atoms in total. The van der Waals surface area contributed by atoms with Crippen LogP contribution in [0.4, 0.5) is 0 Å². The SMILES string of the molecule is Cc1sc2nc(-c3ccc4c(c3)OCCO4)c(CC#N)n2c1-c1cccs1. The van der Waals surface area contributed by atoms with Gasteiger partial charge in [0.15, 0.2) is 16.5 Å². The Kier molecular flexibility index (Phi) is 3.88. The Morgan fingerprint density at radius 1 is 1.22 bits per heavy atom. The van der Waals surface area contributed by atoms with Crippen LogP contribution in [0.5, 0.6) is 11.5 Å². The van der Waals surface area contributed by atoms with Crippen molar-refractivity contribution in [1.29, 1.82) is 5.26 Å². The van der Waals surface area contributed by atoms with Gasteiger partial charge in [-0.1, -0.05) is 6.07 Å². The molecular formula is C20H15N3O2S2. The summed E-state index contributed by atoms with van der Waals surface area (Å²) in [7, 11) is 0. The first-order valence-electron chi connectivity index (χ1n) is 8.58. The lowest BCUT2D eigenvalue weighted by atomic mass is 10.1. The highest BCUT2D eigenvalue weighted by Crippen LogP contribution is 2.40. The van der Waals surface area contributed by atoms with Crippen molar-refractivity contribution < 1.29 is 9.47 Å². The monoisotopic (exact) mass is 393 g/mol. The highest BCUT2D eigenvalue weighted by molar-refractivity contribution is 7.18. The fourth-order valence-electron chi connectivity index (χ4n) is 3.43. The Morgan fingerprint density at radius 2 is 2.07 bits per heavy atom. The van der Waals surface area contributed by atoms with Crippen LogP contribution in [0.3, 0.4) is 0 Å². The van der Waals surface area contributed by atoms with Gasteiger partial charge in [0.1, 0.15) is 13.2 Å². The van der Waals surface area contributed by atoms with Gasteiger partial charge in [-0.15, -0.1) is 22.7 Å². The quantitative estimate of drug-likeness (QED) is 0.495. The smallest absolute Gasteiger partial charge is 0.195 e. The van der Waals surface area contributed by atoms with Crippen LogP contribution < -0.4 is 9.47 Å². The molecule has 0 saturated heterocycles. The number of aromatic nitrogens is 2. The van der Waals surface area contributed by atoms with Crippen LogP contribution in [-0.2, 0) is 6.42 Å². The summed E-state index contributed by atoms with van der Waals surface area (Å²) in [6.07, 6.45) is 0.291. The van der Waals surface area contributed by atoms with E-state index in [1.165, 1.54) is 9.75 Å². The van der Waals surface area contributed by atoms with Gasteiger partial charge in [-0.25, -0.2) is 4.98 Å². The largest absolute Gasteiger partial charge is 0.486 e. The third-order valence-corrected chi connectivity index (χ3v) is 6.39. The van der Waals surface area contributed by atoms with Gasteiger partial charge in [0.25, 0.3) is 0 Å². The Hall–Kier alpha value is -2.82.